The van der Waals surface area contributed by atoms with Gasteiger partial charge in [0.15, 0.2) is 5.78 Å². The highest BCUT2D eigenvalue weighted by atomic mass is 35.5. The maximum absolute atomic E-state index is 11.4. The number of benzene rings is 2. The quantitative estimate of drug-likeness (QED) is 0.496. The van der Waals surface area contributed by atoms with Gasteiger partial charge in [-0.15, -0.1) is 0 Å². The third-order valence-corrected chi connectivity index (χ3v) is 3.59. The van der Waals surface area contributed by atoms with Crippen molar-refractivity contribution >= 4 is 28.8 Å². The van der Waals surface area contributed by atoms with E-state index in [4.69, 9.17) is 11.6 Å². The number of Topliss-reactive ketones (excluding diaryl/α,β-unsaturated/α-hetero) is 1. The number of ketones is 1. The Morgan fingerprint density at radius 1 is 1.23 bits per heavy atom. The maximum Gasteiger partial charge on any atom is 0.293 e. The van der Waals surface area contributed by atoms with E-state index >= 15 is 0 Å². The number of nitro benzene ring substituents is 1. The monoisotopic (exact) mass is 318 g/mol. The van der Waals surface area contributed by atoms with Crippen molar-refractivity contribution in [1.82, 2.24) is 0 Å². The zero-order valence-corrected chi connectivity index (χ0v) is 12.9. The molecule has 1 N–H and O–H groups in total. The van der Waals surface area contributed by atoms with E-state index < -0.39 is 4.92 Å². The Balaban J connectivity index is 2.30. The van der Waals surface area contributed by atoms with Gasteiger partial charge >= 0.3 is 0 Å². The number of nitro groups is 1. The lowest BCUT2D eigenvalue weighted by Crippen LogP contribution is -2.09. The molecule has 0 amide bonds. The zero-order chi connectivity index (χ0) is 16.3. The highest BCUT2D eigenvalue weighted by Crippen LogP contribution is 2.29. The number of anilines is 1. The van der Waals surface area contributed by atoms with Gasteiger partial charge in [-0.05, 0) is 43.7 Å². The van der Waals surface area contributed by atoms with Gasteiger partial charge in [0.05, 0.1) is 4.92 Å². The molecule has 1 unspecified atom stereocenters. The van der Waals surface area contributed by atoms with Crippen molar-refractivity contribution < 1.29 is 9.72 Å². The molecule has 6 heteroatoms. The number of halogens is 1. The van der Waals surface area contributed by atoms with Gasteiger partial charge < -0.3 is 5.32 Å². The number of carbonyl (C=O) groups is 1. The summed E-state index contributed by atoms with van der Waals surface area (Å²) in [5.74, 6) is -0.208. The summed E-state index contributed by atoms with van der Waals surface area (Å²) in [7, 11) is 0. The van der Waals surface area contributed by atoms with Gasteiger partial charge in [-0.3, -0.25) is 14.9 Å². The summed E-state index contributed by atoms with van der Waals surface area (Å²) in [5.41, 5.74) is 1.52. The van der Waals surface area contributed by atoms with E-state index in [1.807, 2.05) is 19.1 Å². The molecular weight excluding hydrogens is 304 g/mol. The van der Waals surface area contributed by atoms with Crippen molar-refractivity contribution in [3.8, 4) is 0 Å². The van der Waals surface area contributed by atoms with Gasteiger partial charge in [-0.25, -0.2) is 0 Å². The Morgan fingerprint density at radius 2 is 1.86 bits per heavy atom. The summed E-state index contributed by atoms with van der Waals surface area (Å²) in [6.07, 6.45) is 0. The zero-order valence-electron chi connectivity index (χ0n) is 12.2. The molecule has 1 atom stereocenters. The SMILES string of the molecule is CC(=O)c1ccc(NC(C)c2ccc(Cl)cc2)c([N+](=O)[O-])c1. The summed E-state index contributed by atoms with van der Waals surface area (Å²) in [5, 5.41) is 14.9. The second-order valence-corrected chi connectivity index (χ2v) is 5.40. The van der Waals surface area contributed by atoms with Crippen molar-refractivity contribution in [2.45, 2.75) is 19.9 Å². The largest absolute Gasteiger partial charge is 0.373 e. The molecule has 0 saturated carbocycles. The number of nitrogens with one attached hydrogen (secondary N) is 1. The molecule has 0 radical (unpaired) electrons. The number of hydrogen-bond acceptors (Lipinski definition) is 4. The van der Waals surface area contributed by atoms with Gasteiger partial charge in [0, 0.05) is 22.7 Å². The average Bonchev–Trinajstić information content (AvgIpc) is 2.47. The molecule has 0 aromatic heterocycles. The molecule has 0 heterocycles. The lowest BCUT2D eigenvalue weighted by atomic mass is 10.1. The lowest BCUT2D eigenvalue weighted by molar-refractivity contribution is -0.384. The third-order valence-electron chi connectivity index (χ3n) is 3.34. The molecular formula is C16H15ClN2O3. The maximum atomic E-state index is 11.4. The molecule has 0 fully saturated rings. The van der Waals surface area contributed by atoms with E-state index in [0.29, 0.717) is 16.3 Å². The average molecular weight is 319 g/mol. The van der Waals surface area contributed by atoms with Crippen LogP contribution >= 0.6 is 11.6 Å². The van der Waals surface area contributed by atoms with Crippen molar-refractivity contribution in [3.63, 3.8) is 0 Å². The van der Waals surface area contributed by atoms with Gasteiger partial charge in [-0.1, -0.05) is 23.7 Å². The van der Waals surface area contributed by atoms with Crippen LogP contribution in [0.25, 0.3) is 0 Å². The second kappa shape index (κ2) is 6.58. The minimum atomic E-state index is -0.497. The molecule has 114 valence electrons. The molecule has 5 nitrogen and oxygen atoms in total. The van der Waals surface area contributed by atoms with E-state index in [1.54, 1.807) is 24.3 Å². The molecule has 0 bridgehead atoms. The molecule has 0 saturated heterocycles. The molecule has 2 rings (SSSR count). The van der Waals surface area contributed by atoms with Crippen LogP contribution in [0.2, 0.25) is 5.02 Å². The predicted octanol–water partition coefficient (Wildman–Crippen LogP) is 4.62. The van der Waals surface area contributed by atoms with Gasteiger partial charge in [0.2, 0.25) is 0 Å². The van der Waals surface area contributed by atoms with Crippen molar-refractivity contribution in [1.29, 1.82) is 0 Å². The Kier molecular flexibility index (Phi) is 4.78. The van der Waals surface area contributed by atoms with Crippen LogP contribution < -0.4 is 5.32 Å². The molecule has 22 heavy (non-hydrogen) atoms. The summed E-state index contributed by atoms with van der Waals surface area (Å²) in [6, 6.07) is 11.5. The van der Waals surface area contributed by atoms with Crippen molar-refractivity contribution in [2.75, 3.05) is 5.32 Å². The van der Waals surface area contributed by atoms with Crippen LogP contribution in [-0.2, 0) is 0 Å². The summed E-state index contributed by atoms with van der Waals surface area (Å²) in [6.45, 7) is 3.27. The number of hydrogen-bond donors (Lipinski definition) is 1. The highest BCUT2D eigenvalue weighted by molar-refractivity contribution is 6.30. The predicted molar refractivity (Wildman–Crippen MR) is 86.6 cm³/mol. The molecule has 0 aliphatic rings. The number of nitrogens with zero attached hydrogens (tertiary/aromatic N) is 1. The third kappa shape index (κ3) is 3.62. The van der Waals surface area contributed by atoms with Gasteiger partial charge in [0.25, 0.3) is 5.69 Å². The first-order valence-electron chi connectivity index (χ1n) is 6.70. The standard InChI is InChI=1S/C16H15ClN2O3/c1-10(12-3-6-14(17)7-4-12)18-15-8-5-13(11(2)20)9-16(15)19(21)22/h3-10,18H,1-2H3. The normalized spacial score (nSPS) is 11.8. The van der Waals surface area contributed by atoms with Crippen LogP contribution in [0.5, 0.6) is 0 Å². The minimum absolute atomic E-state index is 0.117. The number of carbonyl (C=O) groups excluding carboxylic acids is 1. The Hall–Kier alpha value is -2.40. The van der Waals surface area contributed by atoms with Crippen LogP contribution in [0.3, 0.4) is 0 Å². The van der Waals surface area contributed by atoms with E-state index in [0.717, 1.165) is 5.56 Å². The van der Waals surface area contributed by atoms with Crippen LogP contribution in [0, 0.1) is 10.1 Å². The van der Waals surface area contributed by atoms with Crippen LogP contribution in [-0.4, -0.2) is 10.7 Å². The summed E-state index contributed by atoms with van der Waals surface area (Å²) >= 11 is 5.85. The van der Waals surface area contributed by atoms with E-state index in [1.165, 1.54) is 13.0 Å². The fourth-order valence-corrected chi connectivity index (χ4v) is 2.22. The Labute approximate surface area is 133 Å². The summed E-state index contributed by atoms with van der Waals surface area (Å²) < 4.78 is 0. The first kappa shape index (κ1) is 16.0. The highest BCUT2D eigenvalue weighted by Gasteiger charge is 2.18. The fourth-order valence-electron chi connectivity index (χ4n) is 2.09. The van der Waals surface area contributed by atoms with Crippen molar-refractivity contribution in [2.24, 2.45) is 0 Å². The first-order valence-corrected chi connectivity index (χ1v) is 7.07. The van der Waals surface area contributed by atoms with Crippen LogP contribution in [0.15, 0.2) is 42.5 Å². The first-order chi connectivity index (χ1) is 10.4. The minimum Gasteiger partial charge on any atom is -0.373 e. The van der Waals surface area contributed by atoms with E-state index in [-0.39, 0.29) is 17.5 Å². The fraction of sp³-hybridized carbons (Fsp3) is 0.188. The van der Waals surface area contributed by atoms with Crippen LogP contribution in [0.4, 0.5) is 11.4 Å². The molecule has 0 aliphatic heterocycles. The molecule has 0 aliphatic carbocycles. The Bertz CT molecular complexity index is 714. The summed E-state index contributed by atoms with van der Waals surface area (Å²) in [4.78, 5) is 22.1. The molecule has 2 aromatic carbocycles. The van der Waals surface area contributed by atoms with Crippen molar-refractivity contribution in [3.05, 3.63) is 68.7 Å². The van der Waals surface area contributed by atoms with Gasteiger partial charge in [-0.2, -0.15) is 0 Å². The van der Waals surface area contributed by atoms with Gasteiger partial charge in [0.1, 0.15) is 5.69 Å². The molecule has 0 spiro atoms. The smallest absolute Gasteiger partial charge is 0.293 e. The lowest BCUT2D eigenvalue weighted by Gasteiger charge is -2.16. The number of rotatable bonds is 5. The second-order valence-electron chi connectivity index (χ2n) is 4.96. The Morgan fingerprint density at radius 3 is 2.41 bits per heavy atom. The van der Waals surface area contributed by atoms with E-state index in [2.05, 4.69) is 5.32 Å². The molecule has 2 aromatic rings. The topological polar surface area (TPSA) is 72.2 Å². The van der Waals surface area contributed by atoms with E-state index in [9.17, 15) is 14.9 Å². The van der Waals surface area contributed by atoms with Crippen LogP contribution in [0.1, 0.15) is 35.8 Å².